The summed E-state index contributed by atoms with van der Waals surface area (Å²) in [7, 11) is 0. The maximum atomic E-state index is 6.46. The lowest BCUT2D eigenvalue weighted by Gasteiger charge is -2.49. The zero-order valence-electron chi connectivity index (χ0n) is 12.5. The molecule has 0 bridgehead atoms. The van der Waals surface area contributed by atoms with E-state index in [2.05, 4.69) is 18.3 Å². The first-order valence-corrected chi connectivity index (χ1v) is 8.72. The van der Waals surface area contributed by atoms with Crippen LogP contribution in [0.1, 0.15) is 50.6 Å². The van der Waals surface area contributed by atoms with Gasteiger partial charge in [0.15, 0.2) is 0 Å². The van der Waals surface area contributed by atoms with Crippen molar-refractivity contribution < 1.29 is 4.74 Å². The summed E-state index contributed by atoms with van der Waals surface area (Å²) in [5, 5.41) is 4.96. The standard InChI is InChI=1S/C17H23Cl2NO/c1-2-20-16(13-5-3-6-14(18)15(13)19)12-7-10-21-17(11-12)8-4-9-17/h3,5-6,12,16,20H,2,4,7-11H2,1H3. The Morgan fingerprint density at radius 3 is 2.86 bits per heavy atom. The largest absolute Gasteiger partial charge is 0.375 e. The first-order chi connectivity index (χ1) is 10.2. The molecule has 2 aliphatic rings. The number of hydrogen-bond donors (Lipinski definition) is 1. The minimum absolute atomic E-state index is 0.154. The number of nitrogens with one attached hydrogen (secondary N) is 1. The van der Waals surface area contributed by atoms with Crippen molar-refractivity contribution in [3.63, 3.8) is 0 Å². The number of benzene rings is 1. The Balaban J connectivity index is 1.85. The van der Waals surface area contributed by atoms with E-state index in [0.29, 0.717) is 16.0 Å². The molecule has 1 aromatic rings. The van der Waals surface area contributed by atoms with Gasteiger partial charge in [0, 0.05) is 12.6 Å². The topological polar surface area (TPSA) is 21.3 Å². The molecule has 2 atom stereocenters. The molecule has 21 heavy (non-hydrogen) atoms. The van der Waals surface area contributed by atoms with E-state index in [9.17, 15) is 0 Å². The summed E-state index contributed by atoms with van der Waals surface area (Å²) < 4.78 is 6.06. The van der Waals surface area contributed by atoms with Crippen molar-refractivity contribution in [3.05, 3.63) is 33.8 Å². The van der Waals surface area contributed by atoms with Crippen LogP contribution in [-0.2, 0) is 4.74 Å². The molecule has 1 spiro atoms. The van der Waals surface area contributed by atoms with Crippen molar-refractivity contribution in [1.82, 2.24) is 5.32 Å². The summed E-state index contributed by atoms with van der Waals surface area (Å²) in [5.74, 6) is 0.565. The van der Waals surface area contributed by atoms with E-state index in [1.165, 1.54) is 19.3 Å². The van der Waals surface area contributed by atoms with Crippen molar-refractivity contribution in [1.29, 1.82) is 0 Å². The Kier molecular flexibility index (Phi) is 4.80. The number of hydrogen-bond acceptors (Lipinski definition) is 2. The highest BCUT2D eigenvalue weighted by atomic mass is 35.5. The van der Waals surface area contributed by atoms with Crippen LogP contribution in [0.3, 0.4) is 0 Å². The van der Waals surface area contributed by atoms with Gasteiger partial charge in [0.25, 0.3) is 0 Å². The summed E-state index contributed by atoms with van der Waals surface area (Å²) >= 11 is 12.7. The molecule has 1 saturated heterocycles. The fourth-order valence-electron chi connectivity index (χ4n) is 3.78. The van der Waals surface area contributed by atoms with E-state index in [-0.39, 0.29) is 11.6 Å². The smallest absolute Gasteiger partial charge is 0.0686 e. The molecule has 2 unspecified atom stereocenters. The second kappa shape index (κ2) is 6.45. The fourth-order valence-corrected chi connectivity index (χ4v) is 4.21. The van der Waals surface area contributed by atoms with Gasteiger partial charge < -0.3 is 10.1 Å². The van der Waals surface area contributed by atoms with Crippen molar-refractivity contribution in [3.8, 4) is 0 Å². The molecule has 4 heteroatoms. The second-order valence-electron chi connectivity index (χ2n) is 6.32. The molecule has 116 valence electrons. The molecule has 3 rings (SSSR count). The average Bonchev–Trinajstić information content (AvgIpc) is 2.47. The molecule has 1 aliphatic heterocycles. The van der Waals surface area contributed by atoms with E-state index >= 15 is 0 Å². The Hall–Kier alpha value is -0.280. The van der Waals surface area contributed by atoms with Crippen molar-refractivity contribution in [2.24, 2.45) is 5.92 Å². The zero-order chi connectivity index (χ0) is 14.9. The van der Waals surface area contributed by atoms with E-state index in [4.69, 9.17) is 27.9 Å². The molecule has 2 fully saturated rings. The maximum absolute atomic E-state index is 6.46. The van der Waals surface area contributed by atoms with Crippen LogP contribution in [0, 0.1) is 5.92 Å². The Labute approximate surface area is 137 Å². The van der Waals surface area contributed by atoms with Crippen molar-refractivity contribution >= 4 is 23.2 Å². The zero-order valence-corrected chi connectivity index (χ0v) is 14.0. The van der Waals surface area contributed by atoms with Gasteiger partial charge in [-0.15, -0.1) is 0 Å². The average molecular weight is 328 g/mol. The van der Waals surface area contributed by atoms with Crippen molar-refractivity contribution in [2.75, 3.05) is 13.2 Å². The van der Waals surface area contributed by atoms with Crippen LogP contribution in [0.4, 0.5) is 0 Å². The van der Waals surface area contributed by atoms with Gasteiger partial charge in [0.2, 0.25) is 0 Å². The Morgan fingerprint density at radius 1 is 1.38 bits per heavy atom. The number of rotatable bonds is 4. The van der Waals surface area contributed by atoms with Crippen LogP contribution >= 0.6 is 23.2 Å². The van der Waals surface area contributed by atoms with Gasteiger partial charge in [0.1, 0.15) is 0 Å². The highest BCUT2D eigenvalue weighted by Crippen LogP contribution is 2.48. The summed E-state index contributed by atoms with van der Waals surface area (Å²) in [6.45, 7) is 3.94. The van der Waals surface area contributed by atoms with Gasteiger partial charge in [-0.2, -0.15) is 0 Å². The second-order valence-corrected chi connectivity index (χ2v) is 7.10. The normalized spacial score (nSPS) is 25.6. The highest BCUT2D eigenvalue weighted by molar-refractivity contribution is 6.42. The lowest BCUT2D eigenvalue weighted by molar-refractivity contribution is -0.147. The summed E-state index contributed by atoms with van der Waals surface area (Å²) in [5.41, 5.74) is 1.29. The molecule has 1 aliphatic carbocycles. The predicted octanol–water partition coefficient (Wildman–Crippen LogP) is 4.99. The SMILES string of the molecule is CCNC(c1cccc(Cl)c1Cl)C1CCOC2(CCC2)C1. The first kappa shape index (κ1) is 15.6. The van der Waals surface area contributed by atoms with Crippen LogP contribution in [0.5, 0.6) is 0 Å². The minimum Gasteiger partial charge on any atom is -0.375 e. The van der Waals surface area contributed by atoms with Gasteiger partial charge >= 0.3 is 0 Å². The molecule has 1 saturated carbocycles. The Morgan fingerprint density at radius 2 is 2.19 bits per heavy atom. The summed E-state index contributed by atoms with van der Waals surface area (Å²) in [4.78, 5) is 0. The minimum atomic E-state index is 0.154. The van der Waals surface area contributed by atoms with E-state index in [1.807, 2.05) is 12.1 Å². The molecule has 0 aromatic heterocycles. The van der Waals surface area contributed by atoms with Gasteiger partial charge in [0.05, 0.1) is 15.6 Å². The number of ether oxygens (including phenoxy) is 1. The van der Waals surface area contributed by atoms with Crippen molar-refractivity contribution in [2.45, 2.75) is 50.7 Å². The quantitative estimate of drug-likeness (QED) is 0.840. The van der Waals surface area contributed by atoms with Gasteiger partial charge in [-0.25, -0.2) is 0 Å². The van der Waals surface area contributed by atoms with Crippen LogP contribution in [0.25, 0.3) is 0 Å². The monoisotopic (exact) mass is 327 g/mol. The van der Waals surface area contributed by atoms with Gasteiger partial charge in [-0.3, -0.25) is 0 Å². The van der Waals surface area contributed by atoms with Crippen LogP contribution < -0.4 is 5.32 Å². The third-order valence-corrected chi connectivity index (χ3v) is 5.84. The Bertz CT molecular complexity index is 502. The van der Waals surface area contributed by atoms with Crippen LogP contribution in [0.2, 0.25) is 10.0 Å². The molecule has 1 heterocycles. The molecular formula is C17H23Cl2NO. The molecule has 1 aromatic carbocycles. The third kappa shape index (κ3) is 3.10. The van der Waals surface area contributed by atoms with Gasteiger partial charge in [-0.1, -0.05) is 42.3 Å². The molecule has 2 nitrogen and oxygen atoms in total. The molecular weight excluding hydrogens is 305 g/mol. The predicted molar refractivity (Wildman–Crippen MR) is 88.1 cm³/mol. The van der Waals surface area contributed by atoms with E-state index in [0.717, 1.165) is 31.6 Å². The molecule has 1 N–H and O–H groups in total. The first-order valence-electron chi connectivity index (χ1n) is 7.96. The molecule has 0 radical (unpaired) electrons. The van der Waals surface area contributed by atoms with Crippen LogP contribution in [0.15, 0.2) is 18.2 Å². The summed E-state index contributed by atoms with van der Waals surface area (Å²) in [6.07, 6.45) is 5.95. The van der Waals surface area contributed by atoms with E-state index < -0.39 is 0 Å². The maximum Gasteiger partial charge on any atom is 0.0686 e. The fraction of sp³-hybridized carbons (Fsp3) is 0.647. The number of halogens is 2. The highest BCUT2D eigenvalue weighted by Gasteiger charge is 2.44. The summed E-state index contributed by atoms with van der Waals surface area (Å²) in [6, 6.07) is 6.22. The third-order valence-electron chi connectivity index (χ3n) is 5.01. The lowest BCUT2D eigenvalue weighted by Crippen LogP contribution is -2.48. The lowest BCUT2D eigenvalue weighted by atomic mass is 9.69. The van der Waals surface area contributed by atoms with Gasteiger partial charge in [-0.05, 0) is 56.2 Å². The molecule has 0 amide bonds. The van der Waals surface area contributed by atoms with Crippen LogP contribution in [-0.4, -0.2) is 18.8 Å². The van der Waals surface area contributed by atoms with E-state index in [1.54, 1.807) is 0 Å².